The molecule has 0 bridgehead atoms. The van der Waals surface area contributed by atoms with Crippen LogP contribution in [0.4, 0.5) is 5.69 Å². The number of carbonyl (C=O) groups is 2. The predicted octanol–water partition coefficient (Wildman–Crippen LogP) is 5.89. The lowest BCUT2D eigenvalue weighted by Gasteiger charge is -2.24. The predicted molar refractivity (Wildman–Crippen MR) is 110 cm³/mol. The van der Waals surface area contributed by atoms with Crippen LogP contribution < -0.4 is 4.90 Å². The number of halogens is 2. The van der Waals surface area contributed by atoms with Crippen LogP contribution >= 0.6 is 23.2 Å². The van der Waals surface area contributed by atoms with Gasteiger partial charge in [-0.25, -0.2) is 4.79 Å². The van der Waals surface area contributed by atoms with E-state index in [1.807, 2.05) is 6.92 Å². The largest absolute Gasteiger partial charge is 0.462 e. The first-order valence-corrected chi connectivity index (χ1v) is 9.74. The second kappa shape index (κ2) is 10.3. The number of rotatable bonds is 8. The first kappa shape index (κ1) is 21.3. The minimum absolute atomic E-state index is 0.0169. The Bertz CT molecular complexity index is 770. The van der Waals surface area contributed by atoms with E-state index in [-0.39, 0.29) is 18.4 Å². The summed E-state index contributed by atoms with van der Waals surface area (Å²) in [6, 6.07) is 12.1. The molecule has 0 aliphatic rings. The summed E-state index contributed by atoms with van der Waals surface area (Å²) in [6.45, 7) is 4.37. The maximum Gasteiger partial charge on any atom is 0.338 e. The van der Waals surface area contributed by atoms with Crippen molar-refractivity contribution in [3.8, 4) is 0 Å². The Labute approximate surface area is 170 Å². The smallest absolute Gasteiger partial charge is 0.338 e. The minimum Gasteiger partial charge on any atom is -0.462 e. The van der Waals surface area contributed by atoms with Crippen LogP contribution in [0.2, 0.25) is 10.0 Å². The normalized spacial score (nSPS) is 10.5. The van der Waals surface area contributed by atoms with E-state index in [2.05, 4.69) is 0 Å². The monoisotopic (exact) mass is 407 g/mol. The lowest BCUT2D eigenvalue weighted by Crippen LogP contribution is -2.30. The molecular formula is C21H23Cl2NO3. The van der Waals surface area contributed by atoms with Crippen molar-refractivity contribution in [2.45, 2.75) is 39.7 Å². The maximum atomic E-state index is 12.8. The lowest BCUT2D eigenvalue weighted by atomic mass is 10.1. The van der Waals surface area contributed by atoms with Crippen LogP contribution in [-0.2, 0) is 16.1 Å². The summed E-state index contributed by atoms with van der Waals surface area (Å²) in [4.78, 5) is 26.3. The number of nitrogens with zero attached hydrogens (tertiary/aromatic N) is 1. The molecule has 0 unspecified atom stereocenters. The molecule has 0 saturated heterocycles. The highest BCUT2D eigenvalue weighted by Crippen LogP contribution is 2.28. The van der Waals surface area contributed by atoms with Crippen LogP contribution in [0.25, 0.3) is 0 Å². The molecule has 0 atom stereocenters. The third kappa shape index (κ3) is 5.72. The summed E-state index contributed by atoms with van der Waals surface area (Å²) in [7, 11) is 0. The molecule has 0 heterocycles. The highest BCUT2D eigenvalue weighted by molar-refractivity contribution is 6.36. The summed E-state index contributed by atoms with van der Waals surface area (Å²) in [5.74, 6) is -0.404. The highest BCUT2D eigenvalue weighted by Gasteiger charge is 2.19. The van der Waals surface area contributed by atoms with E-state index >= 15 is 0 Å². The number of unbranched alkanes of at least 4 members (excludes halogenated alkanes) is 1. The Morgan fingerprint density at radius 3 is 2.19 bits per heavy atom. The van der Waals surface area contributed by atoms with Gasteiger partial charge in [0.15, 0.2) is 0 Å². The fourth-order valence-electron chi connectivity index (χ4n) is 2.62. The van der Waals surface area contributed by atoms with Crippen LogP contribution in [0.5, 0.6) is 0 Å². The van der Waals surface area contributed by atoms with Crippen LogP contribution in [0.3, 0.4) is 0 Å². The maximum absolute atomic E-state index is 12.8. The standard InChI is InChI=1S/C21H23Cl2NO3/c1-3-5-9-20(25)24(14-17-18(22)7-6-8-19(17)23)16-12-10-15(11-13-16)21(26)27-4-2/h6-8,10-13H,3-5,9,14H2,1-2H3. The van der Waals surface area contributed by atoms with E-state index < -0.39 is 0 Å². The first-order chi connectivity index (χ1) is 13.0. The second-order valence-electron chi connectivity index (χ2n) is 6.05. The van der Waals surface area contributed by atoms with Gasteiger partial charge in [-0.05, 0) is 49.7 Å². The molecule has 4 nitrogen and oxygen atoms in total. The zero-order valence-electron chi connectivity index (χ0n) is 15.5. The molecular weight excluding hydrogens is 385 g/mol. The van der Waals surface area contributed by atoms with Crippen molar-refractivity contribution in [3.63, 3.8) is 0 Å². The Balaban J connectivity index is 2.32. The van der Waals surface area contributed by atoms with E-state index in [1.165, 1.54) is 0 Å². The first-order valence-electron chi connectivity index (χ1n) is 8.98. The number of carbonyl (C=O) groups excluding carboxylic acids is 2. The van der Waals surface area contributed by atoms with Crippen molar-refractivity contribution in [3.05, 3.63) is 63.6 Å². The molecule has 0 aliphatic heterocycles. The number of hydrogen-bond donors (Lipinski definition) is 0. The third-order valence-electron chi connectivity index (χ3n) is 4.11. The molecule has 0 radical (unpaired) electrons. The Morgan fingerprint density at radius 2 is 1.63 bits per heavy atom. The van der Waals surface area contributed by atoms with Crippen molar-refractivity contribution in [2.75, 3.05) is 11.5 Å². The number of hydrogen-bond acceptors (Lipinski definition) is 3. The average molecular weight is 408 g/mol. The molecule has 144 valence electrons. The molecule has 0 saturated carbocycles. The number of benzene rings is 2. The molecule has 2 rings (SSSR count). The topological polar surface area (TPSA) is 46.6 Å². The highest BCUT2D eigenvalue weighted by atomic mass is 35.5. The number of esters is 1. The Hall–Kier alpha value is -2.04. The molecule has 6 heteroatoms. The lowest BCUT2D eigenvalue weighted by molar-refractivity contribution is -0.118. The second-order valence-corrected chi connectivity index (χ2v) is 6.87. The van der Waals surface area contributed by atoms with E-state index in [0.717, 1.165) is 12.8 Å². The molecule has 1 amide bonds. The van der Waals surface area contributed by atoms with Gasteiger partial charge in [0.1, 0.15) is 0 Å². The summed E-state index contributed by atoms with van der Waals surface area (Å²) in [6.07, 6.45) is 2.15. The molecule has 0 aromatic heterocycles. The van der Waals surface area contributed by atoms with Gasteiger partial charge in [-0.15, -0.1) is 0 Å². The molecule has 0 N–H and O–H groups in total. The van der Waals surface area contributed by atoms with Gasteiger partial charge in [-0.3, -0.25) is 4.79 Å². The minimum atomic E-state index is -0.387. The quantitative estimate of drug-likeness (QED) is 0.512. The fraction of sp³-hybridized carbons (Fsp3) is 0.333. The molecule has 27 heavy (non-hydrogen) atoms. The van der Waals surface area contributed by atoms with Crippen LogP contribution in [0, 0.1) is 0 Å². The van der Waals surface area contributed by atoms with Crippen molar-refractivity contribution in [2.24, 2.45) is 0 Å². The zero-order valence-corrected chi connectivity index (χ0v) is 17.0. The van der Waals surface area contributed by atoms with Gasteiger partial charge in [0, 0.05) is 27.7 Å². The van der Waals surface area contributed by atoms with Crippen LogP contribution in [0.15, 0.2) is 42.5 Å². The van der Waals surface area contributed by atoms with E-state index in [1.54, 1.807) is 54.3 Å². The third-order valence-corrected chi connectivity index (χ3v) is 4.82. The molecule has 2 aromatic rings. The van der Waals surface area contributed by atoms with E-state index in [9.17, 15) is 9.59 Å². The zero-order chi connectivity index (χ0) is 19.8. The van der Waals surface area contributed by atoms with Gasteiger partial charge in [-0.1, -0.05) is 42.6 Å². The van der Waals surface area contributed by atoms with Gasteiger partial charge in [0.25, 0.3) is 0 Å². The Kier molecular flexibility index (Phi) is 8.14. The molecule has 0 spiro atoms. The number of ether oxygens (including phenoxy) is 1. The van der Waals surface area contributed by atoms with Crippen molar-refractivity contribution >= 4 is 40.8 Å². The van der Waals surface area contributed by atoms with Crippen molar-refractivity contribution < 1.29 is 14.3 Å². The van der Waals surface area contributed by atoms with Gasteiger partial charge in [0.2, 0.25) is 5.91 Å². The summed E-state index contributed by atoms with van der Waals surface area (Å²) >= 11 is 12.6. The number of anilines is 1. The SMILES string of the molecule is CCCCC(=O)N(Cc1c(Cl)cccc1Cl)c1ccc(C(=O)OCC)cc1. The molecule has 0 fully saturated rings. The summed E-state index contributed by atoms with van der Waals surface area (Å²) < 4.78 is 5.00. The van der Waals surface area contributed by atoms with Crippen molar-refractivity contribution in [1.82, 2.24) is 0 Å². The van der Waals surface area contributed by atoms with E-state index in [4.69, 9.17) is 27.9 Å². The Morgan fingerprint density at radius 1 is 1.00 bits per heavy atom. The summed E-state index contributed by atoms with van der Waals surface area (Å²) in [5.41, 5.74) is 1.82. The molecule has 0 aliphatic carbocycles. The van der Waals surface area contributed by atoms with Gasteiger partial charge in [-0.2, -0.15) is 0 Å². The fourth-order valence-corrected chi connectivity index (χ4v) is 3.14. The average Bonchev–Trinajstić information content (AvgIpc) is 2.66. The van der Waals surface area contributed by atoms with Gasteiger partial charge in [0.05, 0.1) is 18.7 Å². The van der Waals surface area contributed by atoms with Crippen molar-refractivity contribution in [1.29, 1.82) is 0 Å². The van der Waals surface area contributed by atoms with Crippen LogP contribution in [-0.4, -0.2) is 18.5 Å². The van der Waals surface area contributed by atoms with Gasteiger partial charge < -0.3 is 9.64 Å². The van der Waals surface area contributed by atoms with Gasteiger partial charge >= 0.3 is 5.97 Å². The summed E-state index contributed by atoms with van der Waals surface area (Å²) in [5, 5.41) is 1.03. The van der Waals surface area contributed by atoms with Crippen LogP contribution in [0.1, 0.15) is 49.0 Å². The van der Waals surface area contributed by atoms with E-state index in [0.29, 0.717) is 39.9 Å². The number of amides is 1. The molecule has 2 aromatic carbocycles.